The molecule has 6 heteroatoms. The second kappa shape index (κ2) is 4.07. The van der Waals surface area contributed by atoms with E-state index >= 15 is 0 Å². The fourth-order valence-corrected chi connectivity index (χ4v) is 2.28. The highest BCUT2D eigenvalue weighted by molar-refractivity contribution is 7.81. The van der Waals surface area contributed by atoms with Gasteiger partial charge < -0.3 is 14.2 Å². The third-order valence-electron chi connectivity index (χ3n) is 1.91. The molecule has 1 aliphatic heterocycles. The SMILES string of the molecule is CCC1CN(P(=O)([O-])Cl)CCO1. The Kier molecular flexibility index (Phi) is 3.56. The largest absolute Gasteiger partial charge is 0.776 e. The van der Waals surface area contributed by atoms with Gasteiger partial charge in [-0.25, -0.2) is 4.67 Å². The molecule has 0 aromatic heterocycles. The highest BCUT2D eigenvalue weighted by Crippen LogP contribution is 2.46. The highest BCUT2D eigenvalue weighted by atomic mass is 35.7. The van der Waals surface area contributed by atoms with Crippen molar-refractivity contribution >= 4 is 18.1 Å². The predicted molar refractivity (Wildman–Crippen MR) is 45.1 cm³/mol. The summed E-state index contributed by atoms with van der Waals surface area (Å²) in [6.45, 7) is -0.652. The summed E-state index contributed by atoms with van der Waals surface area (Å²) in [5, 5.41) is 0. The molecule has 0 radical (unpaired) electrons. The summed E-state index contributed by atoms with van der Waals surface area (Å²) in [6, 6.07) is 0. The number of ether oxygens (including phenoxy) is 1. The first-order valence-corrected chi connectivity index (χ1v) is 6.40. The lowest BCUT2D eigenvalue weighted by molar-refractivity contribution is -0.184. The van der Waals surface area contributed by atoms with Crippen LogP contribution in [0.25, 0.3) is 0 Å². The van der Waals surface area contributed by atoms with Crippen molar-refractivity contribution in [2.24, 2.45) is 0 Å². The zero-order chi connectivity index (χ0) is 9.19. The van der Waals surface area contributed by atoms with Crippen molar-refractivity contribution in [2.45, 2.75) is 19.4 Å². The molecule has 1 aliphatic rings. The molecule has 0 aromatic carbocycles. The molecular weight excluding hydrogens is 200 g/mol. The fourth-order valence-electron chi connectivity index (χ4n) is 1.17. The van der Waals surface area contributed by atoms with Gasteiger partial charge in [-0.2, -0.15) is 0 Å². The molecular formula is C6H12ClNO3P-. The number of hydrogen-bond acceptors (Lipinski definition) is 3. The Morgan fingerprint density at radius 2 is 2.50 bits per heavy atom. The second-order valence-corrected chi connectivity index (χ2v) is 5.52. The summed E-state index contributed by atoms with van der Waals surface area (Å²) in [4.78, 5) is 10.9. The summed E-state index contributed by atoms with van der Waals surface area (Å²) < 4.78 is 17.5. The van der Waals surface area contributed by atoms with Crippen molar-refractivity contribution in [1.29, 1.82) is 0 Å². The lowest BCUT2D eigenvalue weighted by atomic mass is 10.2. The van der Waals surface area contributed by atoms with Gasteiger partial charge in [0, 0.05) is 13.1 Å². The molecule has 2 unspecified atom stereocenters. The van der Waals surface area contributed by atoms with E-state index in [-0.39, 0.29) is 6.10 Å². The van der Waals surface area contributed by atoms with Crippen LogP contribution < -0.4 is 4.89 Å². The maximum Gasteiger partial charge on any atom is 0.168 e. The maximum atomic E-state index is 10.9. The summed E-state index contributed by atoms with van der Waals surface area (Å²) >= 11 is 5.20. The average Bonchev–Trinajstić information content (AvgIpc) is 2.03. The van der Waals surface area contributed by atoms with E-state index in [1.807, 2.05) is 6.92 Å². The summed E-state index contributed by atoms with van der Waals surface area (Å²) in [5.41, 5.74) is 0. The maximum absolute atomic E-state index is 10.9. The fraction of sp³-hybridized carbons (Fsp3) is 1.00. The van der Waals surface area contributed by atoms with Gasteiger partial charge in [0.1, 0.15) is 0 Å². The first kappa shape index (κ1) is 10.5. The molecule has 72 valence electrons. The molecule has 1 heterocycles. The molecule has 0 saturated carbocycles. The Bertz CT molecular complexity index is 195. The Labute approximate surface area is 76.8 Å². The standard InChI is InChI=1S/C6H13ClNO3P/c1-2-6-5-8(3-4-11-6)12(7,9)10/h6H,2-5H2,1H3,(H,9,10)/p-1. The number of morpholine rings is 1. The first-order valence-electron chi connectivity index (χ1n) is 3.91. The second-order valence-electron chi connectivity index (χ2n) is 2.77. The van der Waals surface area contributed by atoms with Crippen molar-refractivity contribution in [1.82, 2.24) is 4.67 Å². The lowest BCUT2D eigenvalue weighted by Crippen LogP contribution is -2.41. The van der Waals surface area contributed by atoms with Crippen LogP contribution in [-0.4, -0.2) is 30.5 Å². The van der Waals surface area contributed by atoms with Gasteiger partial charge in [-0.05, 0) is 6.42 Å². The van der Waals surface area contributed by atoms with Gasteiger partial charge in [-0.3, -0.25) is 0 Å². The van der Waals surface area contributed by atoms with Crippen LogP contribution in [0.3, 0.4) is 0 Å². The predicted octanol–water partition coefficient (Wildman–Crippen LogP) is 0.804. The molecule has 2 atom stereocenters. The normalized spacial score (nSPS) is 31.4. The molecule has 0 bridgehead atoms. The summed E-state index contributed by atoms with van der Waals surface area (Å²) in [6.07, 6.45) is 0.813. The van der Waals surface area contributed by atoms with Crippen LogP contribution in [0, 0.1) is 0 Å². The molecule has 12 heavy (non-hydrogen) atoms. The molecule has 0 amide bonds. The zero-order valence-corrected chi connectivity index (χ0v) is 8.55. The molecule has 0 spiro atoms. The van der Waals surface area contributed by atoms with Gasteiger partial charge in [-0.15, -0.1) is 0 Å². The molecule has 0 aromatic rings. The smallest absolute Gasteiger partial charge is 0.168 e. The Morgan fingerprint density at radius 1 is 1.83 bits per heavy atom. The number of hydrogen-bond donors (Lipinski definition) is 0. The van der Waals surface area contributed by atoms with E-state index in [9.17, 15) is 9.46 Å². The summed E-state index contributed by atoms with van der Waals surface area (Å²) in [7, 11) is 0. The molecule has 0 N–H and O–H groups in total. The molecule has 0 aliphatic carbocycles. The molecule has 4 nitrogen and oxygen atoms in total. The quantitative estimate of drug-likeness (QED) is 0.636. The van der Waals surface area contributed by atoms with E-state index in [0.29, 0.717) is 19.7 Å². The van der Waals surface area contributed by atoms with Crippen LogP contribution in [0.4, 0.5) is 0 Å². The third kappa shape index (κ3) is 2.71. The Morgan fingerprint density at radius 3 is 3.00 bits per heavy atom. The number of halogens is 1. The number of rotatable bonds is 2. The lowest BCUT2D eigenvalue weighted by Gasteiger charge is -2.37. The van der Waals surface area contributed by atoms with Crippen LogP contribution in [-0.2, 0) is 9.30 Å². The van der Waals surface area contributed by atoms with Gasteiger partial charge in [0.25, 0.3) is 0 Å². The van der Waals surface area contributed by atoms with E-state index in [0.717, 1.165) is 6.42 Å². The van der Waals surface area contributed by atoms with Gasteiger partial charge >= 0.3 is 0 Å². The Hall–Kier alpha value is 0.400. The zero-order valence-electron chi connectivity index (χ0n) is 6.90. The van der Waals surface area contributed by atoms with Gasteiger partial charge in [0.2, 0.25) is 0 Å². The van der Waals surface area contributed by atoms with Gasteiger partial charge in [-0.1, -0.05) is 18.2 Å². The van der Waals surface area contributed by atoms with Crippen LogP contribution in [0.1, 0.15) is 13.3 Å². The topological polar surface area (TPSA) is 52.6 Å². The van der Waals surface area contributed by atoms with Gasteiger partial charge in [0.05, 0.1) is 12.7 Å². The minimum atomic E-state index is -3.82. The number of nitrogens with zero attached hydrogens (tertiary/aromatic N) is 1. The monoisotopic (exact) mass is 212 g/mol. The van der Waals surface area contributed by atoms with Crippen LogP contribution >= 0.6 is 18.1 Å². The molecule has 1 fully saturated rings. The van der Waals surface area contributed by atoms with E-state index in [1.165, 1.54) is 4.67 Å². The molecule has 1 saturated heterocycles. The average molecular weight is 213 g/mol. The first-order chi connectivity index (χ1) is 5.54. The van der Waals surface area contributed by atoms with Crippen LogP contribution in [0.15, 0.2) is 0 Å². The highest BCUT2D eigenvalue weighted by Gasteiger charge is 2.24. The van der Waals surface area contributed by atoms with Crippen LogP contribution in [0.2, 0.25) is 0 Å². The Balaban J connectivity index is 2.52. The minimum absolute atomic E-state index is 0.000208. The van der Waals surface area contributed by atoms with Gasteiger partial charge in [0.15, 0.2) is 6.87 Å². The van der Waals surface area contributed by atoms with E-state index in [4.69, 9.17) is 16.0 Å². The minimum Gasteiger partial charge on any atom is -0.776 e. The van der Waals surface area contributed by atoms with Crippen molar-refractivity contribution in [2.75, 3.05) is 19.7 Å². The van der Waals surface area contributed by atoms with Crippen molar-refractivity contribution < 1.29 is 14.2 Å². The third-order valence-corrected chi connectivity index (χ3v) is 3.59. The van der Waals surface area contributed by atoms with Crippen molar-refractivity contribution in [3.8, 4) is 0 Å². The van der Waals surface area contributed by atoms with Crippen molar-refractivity contribution in [3.05, 3.63) is 0 Å². The van der Waals surface area contributed by atoms with Crippen molar-refractivity contribution in [3.63, 3.8) is 0 Å². The van der Waals surface area contributed by atoms with Crippen LogP contribution in [0.5, 0.6) is 0 Å². The van der Waals surface area contributed by atoms with E-state index in [2.05, 4.69) is 0 Å². The van der Waals surface area contributed by atoms with E-state index in [1.54, 1.807) is 0 Å². The van der Waals surface area contributed by atoms with E-state index < -0.39 is 6.87 Å². The molecule has 1 rings (SSSR count). The summed E-state index contributed by atoms with van der Waals surface area (Å²) in [5.74, 6) is 0.